The highest BCUT2D eigenvalue weighted by atomic mass is 19.3. The molecule has 0 heterocycles. The Kier molecular flexibility index (Phi) is 2.76. The lowest BCUT2D eigenvalue weighted by molar-refractivity contribution is 0.149. The van der Waals surface area contributed by atoms with Gasteiger partial charge in [-0.05, 0) is 35.8 Å². The Balaban J connectivity index is 2.50. The number of benzene rings is 1. The van der Waals surface area contributed by atoms with Gasteiger partial charge in [0.15, 0.2) is 0 Å². The molecule has 0 amide bonds. The van der Waals surface area contributed by atoms with Crippen molar-refractivity contribution in [3.63, 3.8) is 0 Å². The third-order valence-corrected chi connectivity index (χ3v) is 3.00. The van der Waals surface area contributed by atoms with Crippen molar-refractivity contribution in [3.8, 4) is 0 Å². The minimum atomic E-state index is -2.35. The molecule has 0 bridgehead atoms. The lowest BCUT2D eigenvalue weighted by Crippen LogP contribution is -2.01. The second kappa shape index (κ2) is 3.92. The number of hydrogen-bond acceptors (Lipinski definition) is 0. The second-order valence-corrected chi connectivity index (χ2v) is 4.58. The Morgan fingerprint density at radius 3 is 2.33 bits per heavy atom. The van der Waals surface area contributed by atoms with Gasteiger partial charge in [-0.15, -0.1) is 0 Å². The molecule has 1 fully saturated rings. The summed E-state index contributed by atoms with van der Waals surface area (Å²) in [6.07, 6.45) is -0.0279. The Morgan fingerprint density at radius 2 is 1.87 bits per heavy atom. The van der Waals surface area contributed by atoms with Crippen LogP contribution in [0.25, 0.3) is 0 Å². The Morgan fingerprint density at radius 1 is 1.20 bits per heavy atom. The molecule has 0 unspecified atom stereocenters. The van der Waals surface area contributed by atoms with Gasteiger partial charge in [0.2, 0.25) is 0 Å². The third-order valence-electron chi connectivity index (χ3n) is 3.00. The summed E-state index contributed by atoms with van der Waals surface area (Å²) < 4.78 is 25.7. The maximum atomic E-state index is 12.9. The molecule has 2 heteroatoms. The summed E-state index contributed by atoms with van der Waals surface area (Å²) in [5.74, 6) is 0.729. The molecule has 0 aliphatic heterocycles. The molecule has 82 valence electrons. The molecule has 1 aromatic rings. The van der Waals surface area contributed by atoms with Gasteiger partial charge in [-0.25, -0.2) is 8.78 Å². The number of halogens is 2. The van der Waals surface area contributed by atoms with Gasteiger partial charge >= 0.3 is 0 Å². The van der Waals surface area contributed by atoms with Crippen LogP contribution in [0.5, 0.6) is 0 Å². The van der Waals surface area contributed by atoms with Crippen LogP contribution in [-0.2, 0) is 0 Å². The first-order valence-corrected chi connectivity index (χ1v) is 5.52. The van der Waals surface area contributed by atoms with E-state index in [1.807, 2.05) is 19.9 Å². The summed E-state index contributed by atoms with van der Waals surface area (Å²) >= 11 is 0. The fraction of sp³-hybridized carbons (Fsp3) is 0.538. The zero-order valence-corrected chi connectivity index (χ0v) is 9.13. The van der Waals surface area contributed by atoms with E-state index in [9.17, 15) is 8.78 Å². The van der Waals surface area contributed by atoms with Gasteiger partial charge in [-0.1, -0.05) is 32.0 Å². The maximum Gasteiger partial charge on any atom is 0.264 e. The first-order valence-electron chi connectivity index (χ1n) is 5.52. The average Bonchev–Trinajstić information content (AvgIpc) is 2.99. The van der Waals surface area contributed by atoms with Gasteiger partial charge < -0.3 is 0 Å². The summed E-state index contributed by atoms with van der Waals surface area (Å²) in [5.41, 5.74) is 2.27. The minimum Gasteiger partial charge on any atom is -0.205 e. The Bertz CT molecular complexity index is 331. The smallest absolute Gasteiger partial charge is 0.205 e. The van der Waals surface area contributed by atoms with Crippen LogP contribution in [0.3, 0.4) is 0 Å². The molecule has 0 spiro atoms. The Hall–Kier alpha value is -0.920. The van der Waals surface area contributed by atoms with Gasteiger partial charge in [0.05, 0.1) is 0 Å². The van der Waals surface area contributed by atoms with E-state index in [0.717, 1.165) is 24.0 Å². The van der Waals surface area contributed by atoms with E-state index in [4.69, 9.17) is 0 Å². The molecule has 15 heavy (non-hydrogen) atoms. The van der Waals surface area contributed by atoms with Crippen LogP contribution < -0.4 is 0 Å². The summed E-state index contributed by atoms with van der Waals surface area (Å²) in [6.45, 7) is 3.99. The van der Waals surface area contributed by atoms with Crippen LogP contribution in [-0.4, -0.2) is 0 Å². The SMILES string of the molecule is CC(C)c1c(C(F)F)cccc1C1CC1. The molecule has 0 atom stereocenters. The van der Waals surface area contributed by atoms with Crippen molar-refractivity contribution in [2.24, 2.45) is 0 Å². The fourth-order valence-electron chi connectivity index (χ4n) is 2.21. The van der Waals surface area contributed by atoms with Crippen LogP contribution in [0.1, 0.15) is 61.6 Å². The lowest BCUT2D eigenvalue weighted by Gasteiger charge is -2.17. The number of rotatable bonds is 3. The minimum absolute atomic E-state index is 0.186. The normalized spacial score (nSPS) is 16.4. The molecular weight excluding hydrogens is 194 g/mol. The largest absolute Gasteiger partial charge is 0.264 e. The van der Waals surface area contributed by atoms with Crippen molar-refractivity contribution in [1.29, 1.82) is 0 Å². The lowest BCUT2D eigenvalue weighted by atomic mass is 9.90. The molecule has 0 saturated heterocycles. The van der Waals surface area contributed by atoms with Gasteiger partial charge in [0, 0.05) is 5.56 Å². The van der Waals surface area contributed by atoms with E-state index in [0.29, 0.717) is 5.92 Å². The fourth-order valence-corrected chi connectivity index (χ4v) is 2.21. The van der Waals surface area contributed by atoms with E-state index >= 15 is 0 Å². The van der Waals surface area contributed by atoms with E-state index in [1.165, 1.54) is 0 Å². The molecule has 1 aliphatic rings. The zero-order valence-electron chi connectivity index (χ0n) is 9.13. The van der Waals surface area contributed by atoms with Crippen LogP contribution >= 0.6 is 0 Å². The summed E-state index contributed by atoms with van der Waals surface area (Å²) in [4.78, 5) is 0. The van der Waals surface area contributed by atoms with Crippen LogP contribution in [0, 0.1) is 0 Å². The third kappa shape index (κ3) is 2.04. The predicted octanol–water partition coefficient (Wildman–Crippen LogP) is 4.63. The number of hydrogen-bond donors (Lipinski definition) is 0. The molecule has 0 aromatic heterocycles. The highest BCUT2D eigenvalue weighted by molar-refractivity contribution is 5.42. The van der Waals surface area contributed by atoms with E-state index < -0.39 is 6.43 Å². The van der Waals surface area contributed by atoms with Gasteiger partial charge in [0.25, 0.3) is 6.43 Å². The monoisotopic (exact) mass is 210 g/mol. The maximum absolute atomic E-state index is 12.9. The van der Waals surface area contributed by atoms with E-state index in [-0.39, 0.29) is 11.5 Å². The predicted molar refractivity (Wildman–Crippen MR) is 57.5 cm³/mol. The molecule has 1 saturated carbocycles. The topological polar surface area (TPSA) is 0 Å². The summed E-state index contributed by atoms with van der Waals surface area (Å²) in [7, 11) is 0. The van der Waals surface area contributed by atoms with Gasteiger partial charge in [-0.2, -0.15) is 0 Å². The van der Waals surface area contributed by atoms with Crippen molar-refractivity contribution < 1.29 is 8.78 Å². The van der Waals surface area contributed by atoms with Gasteiger partial charge in [-0.3, -0.25) is 0 Å². The van der Waals surface area contributed by atoms with E-state index in [2.05, 4.69) is 0 Å². The van der Waals surface area contributed by atoms with Crippen LogP contribution in [0.15, 0.2) is 18.2 Å². The molecule has 1 aliphatic carbocycles. The van der Waals surface area contributed by atoms with E-state index in [1.54, 1.807) is 12.1 Å². The molecule has 0 radical (unpaired) electrons. The molecule has 0 N–H and O–H groups in total. The summed E-state index contributed by atoms with van der Waals surface area (Å²) in [5, 5.41) is 0. The number of alkyl halides is 2. The van der Waals surface area contributed by atoms with Crippen molar-refractivity contribution in [2.75, 3.05) is 0 Å². The summed E-state index contributed by atoms with van der Waals surface area (Å²) in [6, 6.07) is 5.34. The molecule has 0 nitrogen and oxygen atoms in total. The van der Waals surface area contributed by atoms with Gasteiger partial charge in [0.1, 0.15) is 0 Å². The highest BCUT2D eigenvalue weighted by Gasteiger charge is 2.29. The first-order chi connectivity index (χ1) is 7.11. The average molecular weight is 210 g/mol. The molecular formula is C13H16F2. The molecule has 1 aromatic carbocycles. The van der Waals surface area contributed by atoms with Crippen molar-refractivity contribution >= 4 is 0 Å². The highest BCUT2D eigenvalue weighted by Crippen LogP contribution is 2.45. The quantitative estimate of drug-likeness (QED) is 0.682. The van der Waals surface area contributed by atoms with Crippen molar-refractivity contribution in [2.45, 2.75) is 45.0 Å². The standard InChI is InChI=1S/C13H16F2/c1-8(2)12-10(9-6-7-9)4-3-5-11(12)13(14)15/h3-5,8-9,13H,6-7H2,1-2H3. The second-order valence-electron chi connectivity index (χ2n) is 4.58. The zero-order chi connectivity index (χ0) is 11.0. The van der Waals surface area contributed by atoms with Crippen molar-refractivity contribution in [3.05, 3.63) is 34.9 Å². The Labute approximate surface area is 89.3 Å². The van der Waals surface area contributed by atoms with Crippen LogP contribution in [0.4, 0.5) is 8.78 Å². The van der Waals surface area contributed by atoms with Crippen molar-refractivity contribution in [1.82, 2.24) is 0 Å². The van der Waals surface area contributed by atoms with Crippen LogP contribution in [0.2, 0.25) is 0 Å². The first kappa shape index (κ1) is 10.6. The molecule has 2 rings (SSSR count).